The summed E-state index contributed by atoms with van der Waals surface area (Å²) in [6, 6.07) is 11.1. The topological polar surface area (TPSA) is 29.6 Å². The lowest BCUT2D eigenvalue weighted by atomic mass is 9.89. The van der Waals surface area contributed by atoms with Gasteiger partial charge in [0.2, 0.25) is 0 Å². The van der Waals surface area contributed by atoms with E-state index >= 15 is 0 Å². The highest BCUT2D eigenvalue weighted by atomic mass is 19.1. The zero-order valence-corrected chi connectivity index (χ0v) is 17.5. The number of hydrogen-bond donors (Lipinski definition) is 2. The van der Waals surface area contributed by atoms with Crippen LogP contribution < -0.4 is 4.90 Å². The Bertz CT molecular complexity index is 751. The first-order chi connectivity index (χ1) is 14.1. The third kappa shape index (κ3) is 7.13. The monoisotopic (exact) mass is 399 g/mol. The first-order valence-corrected chi connectivity index (χ1v) is 11.1. The quantitative estimate of drug-likeness (QED) is 0.550. The highest BCUT2D eigenvalue weighted by molar-refractivity contribution is 5.18. The van der Waals surface area contributed by atoms with Crippen molar-refractivity contribution in [2.75, 3.05) is 13.1 Å². The molecular weight excluding hydrogens is 363 g/mol. The lowest BCUT2D eigenvalue weighted by Crippen LogP contribution is -3.12. The van der Waals surface area contributed by atoms with E-state index in [-0.39, 0.29) is 11.9 Å². The van der Waals surface area contributed by atoms with E-state index in [4.69, 9.17) is 0 Å². The molecule has 3 nitrogen and oxygen atoms in total. The average molecular weight is 400 g/mol. The van der Waals surface area contributed by atoms with Gasteiger partial charge < -0.3 is 14.6 Å². The summed E-state index contributed by atoms with van der Waals surface area (Å²) < 4.78 is 15.8. The summed E-state index contributed by atoms with van der Waals surface area (Å²) in [5.41, 5.74) is 2.22. The Hall–Kier alpha value is -1.91. The molecule has 0 aliphatic heterocycles. The maximum atomic E-state index is 13.6. The minimum Gasteiger partial charge on any atom is -0.387 e. The van der Waals surface area contributed by atoms with Gasteiger partial charge in [0.1, 0.15) is 25.0 Å². The lowest BCUT2D eigenvalue weighted by molar-refractivity contribution is -0.920. The second-order valence-corrected chi connectivity index (χ2v) is 8.62. The van der Waals surface area contributed by atoms with Gasteiger partial charge in [0, 0.05) is 18.7 Å². The van der Waals surface area contributed by atoms with Gasteiger partial charge in [0.15, 0.2) is 0 Å². The van der Waals surface area contributed by atoms with Crippen LogP contribution in [0.25, 0.3) is 0 Å². The van der Waals surface area contributed by atoms with E-state index in [0.717, 1.165) is 44.0 Å². The number of allylic oxidation sites excluding steroid dienone is 1. The molecule has 0 spiro atoms. The second-order valence-electron chi connectivity index (χ2n) is 8.62. The molecule has 4 heteroatoms. The highest BCUT2D eigenvalue weighted by Crippen LogP contribution is 2.22. The fourth-order valence-corrected chi connectivity index (χ4v) is 4.63. The zero-order chi connectivity index (χ0) is 20.5. The minimum atomic E-state index is -0.293. The van der Waals surface area contributed by atoms with Crippen LogP contribution in [0.4, 0.5) is 4.39 Å². The Morgan fingerprint density at radius 2 is 2.03 bits per heavy atom. The van der Waals surface area contributed by atoms with Gasteiger partial charge in [0.25, 0.3) is 0 Å². The van der Waals surface area contributed by atoms with Crippen molar-refractivity contribution in [2.24, 2.45) is 5.92 Å². The predicted molar refractivity (Wildman–Crippen MR) is 116 cm³/mol. The molecule has 3 rings (SSSR count). The van der Waals surface area contributed by atoms with Crippen LogP contribution in [0.1, 0.15) is 56.2 Å². The molecule has 1 unspecified atom stereocenters. The van der Waals surface area contributed by atoms with Crippen LogP contribution in [0.5, 0.6) is 0 Å². The number of hydrogen-bond acceptors (Lipinski definition) is 1. The van der Waals surface area contributed by atoms with Crippen molar-refractivity contribution >= 4 is 0 Å². The van der Waals surface area contributed by atoms with Crippen LogP contribution >= 0.6 is 0 Å². The fraction of sp³-hybridized carbons (Fsp3) is 0.520. The van der Waals surface area contributed by atoms with E-state index in [1.54, 1.807) is 12.1 Å². The summed E-state index contributed by atoms with van der Waals surface area (Å²) in [6.07, 6.45) is 12.0. The van der Waals surface area contributed by atoms with Gasteiger partial charge in [-0.3, -0.25) is 0 Å². The molecule has 1 aromatic carbocycles. The van der Waals surface area contributed by atoms with Crippen molar-refractivity contribution in [1.29, 1.82) is 0 Å². The van der Waals surface area contributed by atoms with Gasteiger partial charge in [0.05, 0.1) is 12.2 Å². The van der Waals surface area contributed by atoms with Gasteiger partial charge in [-0.05, 0) is 55.5 Å². The number of aliphatic hydroxyl groups excluding tert-OH is 1. The average Bonchev–Trinajstić information content (AvgIpc) is 3.13. The first kappa shape index (κ1) is 21.8. The Balaban J connectivity index is 1.67. The number of nitrogens with one attached hydrogen (secondary N) is 1. The third-order valence-electron chi connectivity index (χ3n) is 6.13. The van der Waals surface area contributed by atoms with Gasteiger partial charge in [-0.15, -0.1) is 6.58 Å². The van der Waals surface area contributed by atoms with Gasteiger partial charge in [-0.2, -0.15) is 0 Å². The summed E-state index contributed by atoms with van der Waals surface area (Å²) >= 11 is 0. The highest BCUT2D eigenvalue weighted by Gasteiger charge is 2.23. The van der Waals surface area contributed by atoms with Crippen molar-refractivity contribution in [2.45, 2.75) is 64.1 Å². The molecule has 0 saturated heterocycles. The van der Waals surface area contributed by atoms with Crippen LogP contribution in [0.15, 0.2) is 55.3 Å². The molecule has 1 heterocycles. The normalized spacial score (nSPS) is 17.2. The Labute approximate surface area is 174 Å². The number of nitrogens with zero attached hydrogens (tertiary/aromatic N) is 1. The summed E-state index contributed by atoms with van der Waals surface area (Å²) in [4.78, 5) is 1.45. The van der Waals surface area contributed by atoms with E-state index in [2.05, 4.69) is 29.5 Å². The maximum Gasteiger partial charge on any atom is 0.123 e. The number of quaternary nitrogens is 1. The summed E-state index contributed by atoms with van der Waals surface area (Å²) in [5.74, 6) is 0.572. The van der Waals surface area contributed by atoms with Gasteiger partial charge in [-0.25, -0.2) is 4.39 Å². The summed E-state index contributed by atoms with van der Waals surface area (Å²) in [6.45, 7) is 7.24. The molecule has 158 valence electrons. The van der Waals surface area contributed by atoms with Crippen molar-refractivity contribution in [3.8, 4) is 0 Å². The molecule has 1 fully saturated rings. The lowest BCUT2D eigenvalue weighted by Gasteiger charge is -2.29. The molecule has 1 aliphatic rings. The summed E-state index contributed by atoms with van der Waals surface area (Å²) in [7, 11) is 0. The first-order valence-electron chi connectivity index (χ1n) is 11.1. The predicted octanol–water partition coefficient (Wildman–Crippen LogP) is 3.97. The van der Waals surface area contributed by atoms with Crippen LogP contribution in [0.2, 0.25) is 0 Å². The van der Waals surface area contributed by atoms with Gasteiger partial charge >= 0.3 is 0 Å². The van der Waals surface area contributed by atoms with E-state index in [0.29, 0.717) is 6.54 Å². The molecule has 0 amide bonds. The van der Waals surface area contributed by atoms with E-state index < -0.39 is 0 Å². The number of aromatic nitrogens is 1. The largest absolute Gasteiger partial charge is 0.387 e. The van der Waals surface area contributed by atoms with Crippen LogP contribution in [-0.2, 0) is 13.1 Å². The van der Waals surface area contributed by atoms with Crippen molar-refractivity contribution < 1.29 is 14.4 Å². The zero-order valence-electron chi connectivity index (χ0n) is 17.5. The molecule has 0 bridgehead atoms. The number of aliphatic hydroxyl groups is 1. The van der Waals surface area contributed by atoms with E-state index in [1.165, 1.54) is 48.8 Å². The Morgan fingerprint density at radius 1 is 1.21 bits per heavy atom. The smallest absolute Gasteiger partial charge is 0.123 e. The molecule has 2 N–H and O–H groups in total. The molecule has 2 atom stereocenters. The maximum absolute atomic E-state index is 13.6. The molecule has 1 saturated carbocycles. The van der Waals surface area contributed by atoms with E-state index in [9.17, 15) is 9.50 Å². The second kappa shape index (κ2) is 11.3. The van der Waals surface area contributed by atoms with Crippen molar-refractivity contribution in [3.63, 3.8) is 0 Å². The molecule has 29 heavy (non-hydrogen) atoms. The van der Waals surface area contributed by atoms with Crippen molar-refractivity contribution in [3.05, 3.63) is 72.3 Å². The molecule has 2 aromatic rings. The van der Waals surface area contributed by atoms with E-state index in [1.807, 2.05) is 12.1 Å². The molecule has 0 radical (unpaired) electrons. The number of halogens is 1. The Morgan fingerprint density at radius 3 is 2.79 bits per heavy atom. The standard InChI is InChI=1S/C25H35FN2O/c1-2-3-14-25(29)20-27(17-21-9-5-4-6-10-21)19-24-13-8-15-28(24)18-22-11-7-12-23(26)16-22/h2,7-8,11-13,15-16,21,25,29H,1,3-6,9-10,14,17-20H2/p+1/t25-/m0/s1. The number of rotatable bonds is 11. The fourth-order valence-electron chi connectivity index (χ4n) is 4.63. The van der Waals surface area contributed by atoms with Crippen LogP contribution in [-0.4, -0.2) is 28.9 Å². The Kier molecular flexibility index (Phi) is 8.51. The SMILES string of the molecule is C=CCC[C@H](O)C[NH+](Cc1cccn1Cc1cccc(F)c1)CC1CCCCC1. The molecule has 1 aliphatic carbocycles. The third-order valence-corrected chi connectivity index (χ3v) is 6.13. The van der Waals surface area contributed by atoms with Gasteiger partial charge in [-0.1, -0.05) is 37.5 Å². The van der Waals surface area contributed by atoms with Crippen LogP contribution in [0, 0.1) is 11.7 Å². The van der Waals surface area contributed by atoms with Crippen LogP contribution in [0.3, 0.4) is 0 Å². The molecular formula is C25H36FN2O+. The summed E-state index contributed by atoms with van der Waals surface area (Å²) in [5, 5.41) is 10.5. The van der Waals surface area contributed by atoms with Crippen molar-refractivity contribution in [1.82, 2.24) is 4.57 Å². The number of benzene rings is 1. The molecule has 1 aromatic heterocycles. The minimum absolute atomic E-state index is 0.189.